The molecule has 0 radical (unpaired) electrons. The number of ether oxygens (including phenoxy) is 1. The van der Waals surface area contributed by atoms with E-state index in [4.69, 9.17) is 4.74 Å². The van der Waals surface area contributed by atoms with E-state index in [0.29, 0.717) is 18.9 Å². The van der Waals surface area contributed by atoms with Gasteiger partial charge in [-0.1, -0.05) is 30.3 Å². The van der Waals surface area contributed by atoms with Gasteiger partial charge in [0, 0.05) is 17.9 Å². The second-order valence-corrected chi connectivity index (χ2v) is 7.29. The third kappa shape index (κ3) is 4.65. The van der Waals surface area contributed by atoms with Crippen molar-refractivity contribution in [2.45, 2.75) is 39.5 Å². The van der Waals surface area contributed by atoms with E-state index in [-0.39, 0.29) is 18.4 Å². The van der Waals surface area contributed by atoms with Crippen molar-refractivity contribution in [1.82, 2.24) is 24.5 Å². The smallest absolute Gasteiger partial charge is 0.227 e. The first kappa shape index (κ1) is 19.6. The van der Waals surface area contributed by atoms with Crippen molar-refractivity contribution in [3.8, 4) is 5.75 Å². The molecule has 154 valence electrons. The van der Waals surface area contributed by atoms with Gasteiger partial charge in [0.1, 0.15) is 18.4 Å². The Kier molecular flexibility index (Phi) is 5.74. The molecule has 0 fully saturated rings. The van der Waals surface area contributed by atoms with Crippen molar-refractivity contribution in [3.63, 3.8) is 0 Å². The van der Waals surface area contributed by atoms with Gasteiger partial charge in [-0.25, -0.2) is 4.98 Å². The van der Waals surface area contributed by atoms with Gasteiger partial charge in [-0.3, -0.25) is 14.2 Å². The summed E-state index contributed by atoms with van der Waals surface area (Å²) in [6, 6.07) is 15.9. The van der Waals surface area contributed by atoms with Crippen LogP contribution in [0.4, 0.5) is 5.82 Å². The van der Waals surface area contributed by atoms with Crippen LogP contribution in [0.2, 0.25) is 0 Å². The molecule has 0 aliphatic rings. The van der Waals surface area contributed by atoms with Crippen LogP contribution in [0.15, 0.2) is 61.2 Å². The van der Waals surface area contributed by atoms with Gasteiger partial charge in [-0.15, -0.1) is 0 Å². The van der Waals surface area contributed by atoms with E-state index in [1.807, 2.05) is 54.9 Å². The number of amides is 1. The zero-order valence-electron chi connectivity index (χ0n) is 17.0. The van der Waals surface area contributed by atoms with Crippen molar-refractivity contribution in [3.05, 3.63) is 66.7 Å². The Morgan fingerprint density at radius 1 is 1.17 bits per heavy atom. The fraction of sp³-hybridized carbons (Fsp3) is 0.273. The molecule has 4 rings (SSSR count). The lowest BCUT2D eigenvalue weighted by atomic mass is 10.2. The molecular formula is C22H24N6O2. The number of carbonyl (C=O) groups excluding carboxylic acids is 1. The lowest BCUT2D eigenvalue weighted by molar-refractivity contribution is -0.116. The number of benzene rings is 2. The Hall–Kier alpha value is -3.68. The molecule has 30 heavy (non-hydrogen) atoms. The maximum absolute atomic E-state index is 12.5. The number of hydrogen-bond acceptors (Lipinski definition) is 5. The normalized spacial score (nSPS) is 11.2. The van der Waals surface area contributed by atoms with E-state index in [2.05, 4.69) is 32.6 Å². The summed E-state index contributed by atoms with van der Waals surface area (Å²) in [5.41, 5.74) is 2.03. The summed E-state index contributed by atoms with van der Waals surface area (Å²) in [5.74, 6) is 1.19. The summed E-state index contributed by atoms with van der Waals surface area (Å²) in [4.78, 5) is 16.4. The number of aryl methyl sites for hydroxylation is 1. The average molecular weight is 404 g/mol. The monoisotopic (exact) mass is 404 g/mol. The van der Waals surface area contributed by atoms with Crippen molar-refractivity contribution < 1.29 is 9.53 Å². The van der Waals surface area contributed by atoms with Gasteiger partial charge in [0.2, 0.25) is 5.91 Å². The van der Waals surface area contributed by atoms with Crippen LogP contribution in [0, 0.1) is 0 Å². The highest BCUT2D eigenvalue weighted by atomic mass is 16.5. The van der Waals surface area contributed by atoms with E-state index in [9.17, 15) is 4.79 Å². The second-order valence-electron chi connectivity index (χ2n) is 7.29. The van der Waals surface area contributed by atoms with Crippen LogP contribution in [0.1, 0.15) is 25.8 Å². The lowest BCUT2D eigenvalue weighted by Crippen LogP contribution is -2.15. The Bertz CT molecular complexity index is 1120. The molecule has 2 heterocycles. The molecule has 8 heteroatoms. The molecule has 0 atom stereocenters. The predicted octanol–water partition coefficient (Wildman–Crippen LogP) is 3.49. The molecule has 0 bridgehead atoms. The summed E-state index contributed by atoms with van der Waals surface area (Å²) in [5, 5.41) is 12.5. The first-order valence-electron chi connectivity index (χ1n) is 9.92. The summed E-state index contributed by atoms with van der Waals surface area (Å²) in [6.45, 7) is 5.04. The summed E-state index contributed by atoms with van der Waals surface area (Å²) in [7, 11) is 0. The number of carbonyl (C=O) groups is 1. The Morgan fingerprint density at radius 3 is 2.73 bits per heavy atom. The zero-order chi connectivity index (χ0) is 20.9. The lowest BCUT2D eigenvalue weighted by Gasteiger charge is -2.10. The Morgan fingerprint density at radius 2 is 2.00 bits per heavy atom. The standard InChI is InChI=1S/C22H24N6O2/c1-16(2)30-18-8-9-19-20(12-18)28(13-17-6-4-3-5-7-17)26-22(19)25-21(29)10-11-27-15-23-14-24-27/h3-9,12,14-16H,10-11,13H2,1-2H3,(H,25,26,29). The van der Waals surface area contributed by atoms with Crippen LogP contribution in [0.3, 0.4) is 0 Å². The van der Waals surface area contributed by atoms with E-state index in [0.717, 1.165) is 22.2 Å². The van der Waals surface area contributed by atoms with Gasteiger partial charge in [-0.05, 0) is 31.5 Å². The van der Waals surface area contributed by atoms with Gasteiger partial charge in [0.15, 0.2) is 5.82 Å². The van der Waals surface area contributed by atoms with Crippen molar-refractivity contribution in [2.75, 3.05) is 5.32 Å². The van der Waals surface area contributed by atoms with Crippen LogP contribution >= 0.6 is 0 Å². The third-order valence-corrected chi connectivity index (χ3v) is 4.56. The molecular weight excluding hydrogens is 380 g/mol. The topological polar surface area (TPSA) is 86.9 Å². The number of aromatic nitrogens is 5. The first-order chi connectivity index (χ1) is 14.6. The van der Waals surface area contributed by atoms with E-state index in [1.54, 1.807) is 11.0 Å². The molecule has 2 aromatic carbocycles. The fourth-order valence-electron chi connectivity index (χ4n) is 3.23. The molecule has 1 amide bonds. The van der Waals surface area contributed by atoms with Crippen molar-refractivity contribution >= 4 is 22.6 Å². The number of anilines is 1. The van der Waals surface area contributed by atoms with Crippen molar-refractivity contribution in [2.24, 2.45) is 0 Å². The quantitative estimate of drug-likeness (QED) is 0.486. The van der Waals surface area contributed by atoms with Crippen LogP contribution < -0.4 is 10.1 Å². The largest absolute Gasteiger partial charge is 0.491 e. The van der Waals surface area contributed by atoms with Crippen LogP contribution in [0.5, 0.6) is 5.75 Å². The fourth-order valence-corrected chi connectivity index (χ4v) is 3.23. The highest BCUT2D eigenvalue weighted by Gasteiger charge is 2.15. The highest BCUT2D eigenvalue weighted by Crippen LogP contribution is 2.28. The van der Waals surface area contributed by atoms with Crippen molar-refractivity contribution in [1.29, 1.82) is 0 Å². The van der Waals surface area contributed by atoms with Gasteiger partial charge in [0.05, 0.1) is 24.7 Å². The summed E-state index contributed by atoms with van der Waals surface area (Å²) < 4.78 is 9.37. The maximum Gasteiger partial charge on any atom is 0.227 e. The molecule has 0 aliphatic carbocycles. The SMILES string of the molecule is CC(C)Oc1ccc2c(NC(=O)CCn3cncn3)nn(Cc3ccccc3)c2c1. The van der Waals surface area contributed by atoms with Gasteiger partial charge in [0.25, 0.3) is 0 Å². The average Bonchev–Trinajstić information content (AvgIpc) is 3.35. The van der Waals surface area contributed by atoms with Gasteiger partial charge in [-0.2, -0.15) is 10.2 Å². The first-order valence-corrected chi connectivity index (χ1v) is 9.92. The van der Waals surface area contributed by atoms with E-state index < -0.39 is 0 Å². The molecule has 0 aliphatic heterocycles. The molecule has 0 saturated heterocycles. The summed E-state index contributed by atoms with van der Waals surface area (Å²) >= 11 is 0. The van der Waals surface area contributed by atoms with Gasteiger partial charge >= 0.3 is 0 Å². The molecule has 8 nitrogen and oxygen atoms in total. The number of rotatable bonds is 8. The molecule has 4 aromatic rings. The van der Waals surface area contributed by atoms with Crippen LogP contribution in [-0.4, -0.2) is 36.6 Å². The molecule has 2 aromatic heterocycles. The van der Waals surface area contributed by atoms with Crippen LogP contribution in [0.25, 0.3) is 10.9 Å². The minimum absolute atomic E-state index is 0.0731. The van der Waals surface area contributed by atoms with E-state index >= 15 is 0 Å². The highest BCUT2D eigenvalue weighted by molar-refractivity contribution is 6.00. The minimum atomic E-state index is -0.126. The number of hydrogen-bond donors (Lipinski definition) is 1. The molecule has 0 saturated carbocycles. The second kappa shape index (κ2) is 8.77. The Balaban J connectivity index is 1.60. The van der Waals surface area contributed by atoms with E-state index in [1.165, 1.54) is 6.33 Å². The predicted molar refractivity (Wildman–Crippen MR) is 114 cm³/mol. The molecule has 0 spiro atoms. The van der Waals surface area contributed by atoms with Crippen LogP contribution in [-0.2, 0) is 17.9 Å². The number of fused-ring (bicyclic) bond motifs is 1. The molecule has 1 N–H and O–H groups in total. The number of nitrogens with one attached hydrogen (secondary N) is 1. The third-order valence-electron chi connectivity index (χ3n) is 4.56. The van der Waals surface area contributed by atoms with Gasteiger partial charge < -0.3 is 10.1 Å². The summed E-state index contributed by atoms with van der Waals surface area (Å²) in [6.07, 6.45) is 3.40. The molecule has 0 unspecified atom stereocenters. The Labute approximate surface area is 174 Å². The number of nitrogens with zero attached hydrogens (tertiary/aromatic N) is 5. The maximum atomic E-state index is 12.5. The minimum Gasteiger partial charge on any atom is -0.491 e. The zero-order valence-corrected chi connectivity index (χ0v) is 17.0.